The molecular formula is C20H24N6O3S. The normalized spacial score (nSPS) is 11.8. The Balaban J connectivity index is 1.66. The molecule has 0 saturated heterocycles. The van der Waals surface area contributed by atoms with Gasteiger partial charge in [0.15, 0.2) is 0 Å². The van der Waals surface area contributed by atoms with Crippen LogP contribution in [0.2, 0.25) is 0 Å². The van der Waals surface area contributed by atoms with Gasteiger partial charge in [-0.3, -0.25) is 4.79 Å². The molecule has 0 bridgehead atoms. The molecule has 30 heavy (non-hydrogen) atoms. The summed E-state index contributed by atoms with van der Waals surface area (Å²) in [5, 5.41) is 13.9. The molecule has 2 aromatic carbocycles. The molecule has 1 heterocycles. The van der Waals surface area contributed by atoms with Crippen molar-refractivity contribution in [2.45, 2.75) is 38.3 Å². The molecule has 1 aromatic heterocycles. The predicted octanol–water partition coefficient (Wildman–Crippen LogP) is 1.93. The van der Waals surface area contributed by atoms with Crippen molar-refractivity contribution in [3.63, 3.8) is 0 Å². The second-order valence-corrected chi connectivity index (χ2v) is 9.19. The molecule has 10 heteroatoms. The van der Waals surface area contributed by atoms with Gasteiger partial charge in [0.2, 0.25) is 10.0 Å². The van der Waals surface area contributed by atoms with Crippen LogP contribution >= 0.6 is 0 Å². The van der Waals surface area contributed by atoms with Crippen LogP contribution in [0.1, 0.15) is 35.3 Å². The maximum Gasteiger partial charge on any atom is 0.251 e. The number of hydrogen-bond donors (Lipinski definition) is 1. The standard InChI is InChI=1S/C20H24N6O3S/c1-14(2)25(4)30(28,29)18-8-5-16(6-9-18)12-21-20(27)17-7-10-19(15(3)11-17)26-13-22-23-24-26/h5-11,13-14H,12H2,1-4H3,(H,21,27). The lowest BCUT2D eigenvalue weighted by Gasteiger charge is -2.21. The SMILES string of the molecule is Cc1cc(C(=O)NCc2ccc(S(=O)(=O)N(C)C(C)C)cc2)ccc1-n1cnnn1. The summed E-state index contributed by atoms with van der Waals surface area (Å²) in [4.78, 5) is 12.7. The average molecular weight is 429 g/mol. The summed E-state index contributed by atoms with van der Waals surface area (Å²) in [5.41, 5.74) is 2.97. The smallest absolute Gasteiger partial charge is 0.251 e. The molecule has 0 fully saturated rings. The van der Waals surface area contributed by atoms with Gasteiger partial charge in [0.1, 0.15) is 6.33 Å². The third-order valence-corrected chi connectivity index (χ3v) is 6.88. The Morgan fingerprint density at radius 2 is 1.87 bits per heavy atom. The van der Waals surface area contributed by atoms with E-state index in [4.69, 9.17) is 0 Å². The molecule has 0 atom stereocenters. The molecule has 0 saturated carbocycles. The first-order valence-corrected chi connectivity index (χ1v) is 10.8. The van der Waals surface area contributed by atoms with Crippen molar-refractivity contribution in [3.05, 3.63) is 65.5 Å². The molecule has 3 rings (SSSR count). The summed E-state index contributed by atoms with van der Waals surface area (Å²) in [5.74, 6) is -0.224. The number of nitrogens with one attached hydrogen (secondary N) is 1. The van der Waals surface area contributed by atoms with Gasteiger partial charge in [-0.25, -0.2) is 13.1 Å². The van der Waals surface area contributed by atoms with Crippen LogP contribution in [0.15, 0.2) is 53.7 Å². The largest absolute Gasteiger partial charge is 0.348 e. The van der Waals surface area contributed by atoms with E-state index in [1.54, 1.807) is 49.5 Å². The quantitative estimate of drug-likeness (QED) is 0.616. The van der Waals surface area contributed by atoms with Crippen molar-refractivity contribution < 1.29 is 13.2 Å². The minimum Gasteiger partial charge on any atom is -0.348 e. The van der Waals surface area contributed by atoms with E-state index in [-0.39, 0.29) is 23.4 Å². The van der Waals surface area contributed by atoms with E-state index in [2.05, 4.69) is 20.8 Å². The maximum absolute atomic E-state index is 12.5. The minimum absolute atomic E-state index is 0.135. The molecule has 0 aliphatic heterocycles. The predicted molar refractivity (Wildman–Crippen MR) is 112 cm³/mol. The van der Waals surface area contributed by atoms with E-state index in [1.807, 2.05) is 20.8 Å². The van der Waals surface area contributed by atoms with Crippen molar-refractivity contribution in [1.29, 1.82) is 0 Å². The van der Waals surface area contributed by atoms with Crippen molar-refractivity contribution in [2.24, 2.45) is 0 Å². The van der Waals surface area contributed by atoms with E-state index < -0.39 is 10.0 Å². The fourth-order valence-electron chi connectivity index (χ4n) is 2.83. The topological polar surface area (TPSA) is 110 Å². The molecule has 158 valence electrons. The lowest BCUT2D eigenvalue weighted by atomic mass is 10.1. The minimum atomic E-state index is -3.53. The molecular weight excluding hydrogens is 404 g/mol. The van der Waals surface area contributed by atoms with Gasteiger partial charge in [0.05, 0.1) is 10.6 Å². The van der Waals surface area contributed by atoms with Crippen LogP contribution in [0.5, 0.6) is 0 Å². The van der Waals surface area contributed by atoms with E-state index in [1.165, 1.54) is 15.3 Å². The van der Waals surface area contributed by atoms with E-state index >= 15 is 0 Å². The van der Waals surface area contributed by atoms with Crippen LogP contribution in [0, 0.1) is 6.92 Å². The van der Waals surface area contributed by atoms with Gasteiger partial charge in [-0.1, -0.05) is 12.1 Å². The number of benzene rings is 2. The first-order chi connectivity index (χ1) is 14.2. The highest BCUT2D eigenvalue weighted by atomic mass is 32.2. The molecule has 0 aliphatic carbocycles. The van der Waals surface area contributed by atoms with Gasteiger partial charge in [0.25, 0.3) is 5.91 Å². The Morgan fingerprint density at radius 3 is 2.43 bits per heavy atom. The Kier molecular flexibility index (Phi) is 6.28. The summed E-state index contributed by atoms with van der Waals surface area (Å²) < 4.78 is 27.9. The molecule has 0 unspecified atom stereocenters. The van der Waals surface area contributed by atoms with Gasteiger partial charge in [-0.15, -0.1) is 5.10 Å². The van der Waals surface area contributed by atoms with Crippen LogP contribution in [0.25, 0.3) is 5.69 Å². The van der Waals surface area contributed by atoms with Crippen molar-refractivity contribution in [1.82, 2.24) is 29.8 Å². The Morgan fingerprint density at radius 1 is 1.17 bits per heavy atom. The zero-order valence-corrected chi connectivity index (χ0v) is 18.1. The molecule has 0 spiro atoms. The maximum atomic E-state index is 12.5. The van der Waals surface area contributed by atoms with Crippen LogP contribution in [-0.2, 0) is 16.6 Å². The second-order valence-electron chi connectivity index (χ2n) is 7.20. The van der Waals surface area contributed by atoms with Crippen molar-refractivity contribution in [2.75, 3.05) is 7.05 Å². The van der Waals surface area contributed by atoms with Crippen LogP contribution in [0.4, 0.5) is 0 Å². The zero-order chi connectivity index (χ0) is 21.9. The van der Waals surface area contributed by atoms with Gasteiger partial charge >= 0.3 is 0 Å². The second kappa shape index (κ2) is 8.72. The number of aromatic nitrogens is 4. The zero-order valence-electron chi connectivity index (χ0n) is 17.3. The number of aryl methyl sites for hydroxylation is 1. The number of nitrogens with zero attached hydrogens (tertiary/aromatic N) is 5. The monoisotopic (exact) mass is 428 g/mol. The van der Waals surface area contributed by atoms with Gasteiger partial charge in [-0.2, -0.15) is 4.31 Å². The fourth-order valence-corrected chi connectivity index (χ4v) is 4.20. The molecule has 9 nitrogen and oxygen atoms in total. The number of sulfonamides is 1. The highest BCUT2D eigenvalue weighted by molar-refractivity contribution is 7.89. The summed E-state index contributed by atoms with van der Waals surface area (Å²) in [6.07, 6.45) is 1.49. The first-order valence-electron chi connectivity index (χ1n) is 9.39. The van der Waals surface area contributed by atoms with Gasteiger partial charge in [0, 0.05) is 25.2 Å². The number of carbonyl (C=O) groups excluding carboxylic acids is 1. The summed E-state index contributed by atoms with van der Waals surface area (Å²) >= 11 is 0. The van der Waals surface area contributed by atoms with Crippen molar-refractivity contribution in [3.8, 4) is 5.69 Å². The molecule has 1 N–H and O–H groups in total. The van der Waals surface area contributed by atoms with E-state index in [0.29, 0.717) is 5.56 Å². The van der Waals surface area contributed by atoms with Crippen LogP contribution in [-0.4, -0.2) is 51.9 Å². The summed E-state index contributed by atoms with van der Waals surface area (Å²) in [7, 11) is -1.97. The molecule has 0 radical (unpaired) electrons. The highest BCUT2D eigenvalue weighted by Crippen LogP contribution is 2.18. The molecule has 1 amide bonds. The third kappa shape index (κ3) is 4.55. The Bertz CT molecular complexity index is 1130. The van der Waals surface area contributed by atoms with Gasteiger partial charge in [-0.05, 0) is 72.7 Å². The number of carbonyl (C=O) groups is 1. The van der Waals surface area contributed by atoms with Crippen LogP contribution in [0.3, 0.4) is 0 Å². The van der Waals surface area contributed by atoms with Crippen molar-refractivity contribution >= 4 is 15.9 Å². The van der Waals surface area contributed by atoms with Gasteiger partial charge < -0.3 is 5.32 Å². The number of amides is 1. The highest BCUT2D eigenvalue weighted by Gasteiger charge is 2.22. The first kappa shape index (κ1) is 21.6. The number of tetrazole rings is 1. The Hall–Kier alpha value is -3.11. The third-order valence-electron chi connectivity index (χ3n) is 4.84. The Labute approximate surface area is 175 Å². The molecule has 0 aliphatic rings. The van der Waals surface area contributed by atoms with E-state index in [9.17, 15) is 13.2 Å². The fraction of sp³-hybridized carbons (Fsp3) is 0.300. The number of hydrogen-bond acceptors (Lipinski definition) is 6. The van der Waals surface area contributed by atoms with E-state index in [0.717, 1.165) is 16.8 Å². The molecule has 3 aromatic rings. The lowest BCUT2D eigenvalue weighted by molar-refractivity contribution is 0.0951. The summed E-state index contributed by atoms with van der Waals surface area (Å²) in [6.45, 7) is 5.80. The van der Waals surface area contributed by atoms with Crippen LogP contribution < -0.4 is 5.32 Å². The number of rotatable bonds is 7. The lowest BCUT2D eigenvalue weighted by Crippen LogP contribution is -2.33. The summed E-state index contributed by atoms with van der Waals surface area (Å²) in [6, 6.07) is 11.6. The average Bonchev–Trinajstić information content (AvgIpc) is 3.26.